The Hall–Kier alpha value is -9.46. The van der Waals surface area contributed by atoms with Crippen molar-refractivity contribution in [1.29, 1.82) is 0 Å². The Balaban J connectivity index is 0.969. The quantitative estimate of drug-likeness (QED) is 0.160. The zero-order chi connectivity index (χ0) is 45.4. The van der Waals surface area contributed by atoms with Gasteiger partial charge in [-0.3, -0.25) is 4.98 Å². The summed E-state index contributed by atoms with van der Waals surface area (Å²) >= 11 is 0. The summed E-state index contributed by atoms with van der Waals surface area (Å²) in [6.45, 7) is 0. The van der Waals surface area contributed by atoms with Gasteiger partial charge in [-0.2, -0.15) is 0 Å². The van der Waals surface area contributed by atoms with Crippen LogP contribution in [0.3, 0.4) is 0 Å². The SMILES string of the molecule is c1ccc(-c2nc(-c3ccccc3)nc(-c3ccc(-c4cc(-n5c6ccccc6c6ccccc65)cc(-n5c6ccccc6c6cc(-n7c8ccccc8c8ccccc87)ccc65)c4)cn3)n2)cc1. The molecular formula is C62H39N7. The summed E-state index contributed by atoms with van der Waals surface area (Å²) in [5.41, 5.74) is 14.6. The van der Waals surface area contributed by atoms with Crippen LogP contribution in [0.5, 0.6) is 0 Å². The van der Waals surface area contributed by atoms with Crippen molar-refractivity contribution in [2.45, 2.75) is 0 Å². The Morgan fingerprint density at radius 3 is 1.09 bits per heavy atom. The predicted molar refractivity (Wildman–Crippen MR) is 282 cm³/mol. The average molecular weight is 882 g/mol. The van der Waals surface area contributed by atoms with E-state index in [-0.39, 0.29) is 0 Å². The Bertz CT molecular complexity index is 4130. The van der Waals surface area contributed by atoms with Gasteiger partial charge >= 0.3 is 0 Å². The van der Waals surface area contributed by atoms with Gasteiger partial charge < -0.3 is 13.7 Å². The van der Waals surface area contributed by atoms with Crippen LogP contribution in [0.2, 0.25) is 0 Å². The number of pyridine rings is 1. The number of para-hydroxylation sites is 5. The maximum absolute atomic E-state index is 5.09. The van der Waals surface area contributed by atoms with E-state index < -0.39 is 0 Å². The molecule has 14 rings (SSSR count). The summed E-state index contributed by atoms with van der Waals surface area (Å²) < 4.78 is 7.22. The zero-order valence-electron chi connectivity index (χ0n) is 37.1. The first-order valence-electron chi connectivity index (χ1n) is 23.2. The van der Waals surface area contributed by atoms with E-state index in [1.54, 1.807) is 0 Å². The van der Waals surface area contributed by atoms with E-state index in [0.717, 1.165) is 61.4 Å². The van der Waals surface area contributed by atoms with Crippen LogP contribution in [0.1, 0.15) is 0 Å². The van der Waals surface area contributed by atoms with Gasteiger partial charge in [-0.1, -0.05) is 158 Å². The molecule has 0 bridgehead atoms. The lowest BCUT2D eigenvalue weighted by atomic mass is 10.0. The lowest BCUT2D eigenvalue weighted by molar-refractivity contribution is 1.06. The van der Waals surface area contributed by atoms with Crippen LogP contribution in [0.25, 0.3) is 128 Å². The number of hydrogen-bond acceptors (Lipinski definition) is 4. The summed E-state index contributed by atoms with van der Waals surface area (Å²) in [5.74, 6) is 1.71. The van der Waals surface area contributed by atoms with Gasteiger partial charge in [-0.05, 0) is 78.4 Å². The third-order valence-corrected chi connectivity index (χ3v) is 13.5. The molecule has 0 saturated heterocycles. The number of aromatic nitrogens is 7. The fourth-order valence-corrected chi connectivity index (χ4v) is 10.4. The molecule has 0 aliphatic heterocycles. The predicted octanol–water partition coefficient (Wildman–Crippen LogP) is 15.2. The van der Waals surface area contributed by atoms with Crippen LogP contribution in [-0.4, -0.2) is 33.6 Å². The van der Waals surface area contributed by atoms with Gasteiger partial charge in [-0.15, -0.1) is 0 Å². The van der Waals surface area contributed by atoms with E-state index in [2.05, 4.69) is 177 Å². The van der Waals surface area contributed by atoms with Crippen molar-refractivity contribution in [3.05, 3.63) is 237 Å². The summed E-state index contributed by atoms with van der Waals surface area (Å²) in [4.78, 5) is 19.9. The fraction of sp³-hybridized carbons (Fsp3) is 0. The second-order valence-electron chi connectivity index (χ2n) is 17.5. The van der Waals surface area contributed by atoms with Gasteiger partial charge in [0.05, 0.1) is 33.1 Å². The molecule has 5 heterocycles. The molecule has 0 N–H and O–H groups in total. The Labute approximate surface area is 396 Å². The second kappa shape index (κ2) is 15.6. The summed E-state index contributed by atoms with van der Waals surface area (Å²) in [6, 6.07) is 81.6. The third kappa shape index (κ3) is 6.29. The second-order valence-corrected chi connectivity index (χ2v) is 17.5. The minimum atomic E-state index is 0.513. The zero-order valence-corrected chi connectivity index (χ0v) is 37.1. The minimum absolute atomic E-state index is 0.513. The summed E-state index contributed by atoms with van der Waals surface area (Å²) in [7, 11) is 0. The molecule has 0 saturated carbocycles. The van der Waals surface area contributed by atoms with E-state index in [4.69, 9.17) is 19.9 Å². The lowest BCUT2D eigenvalue weighted by Gasteiger charge is -2.16. The van der Waals surface area contributed by atoms with Crippen molar-refractivity contribution < 1.29 is 0 Å². The monoisotopic (exact) mass is 881 g/mol. The molecule has 322 valence electrons. The Morgan fingerprint density at radius 2 is 0.638 bits per heavy atom. The molecule has 0 aliphatic rings. The standard InChI is InChI=1S/C62H39N7/c1-3-17-40(18-4-1)60-64-61(41-19-5-2-6-20-41)66-62(65-60)53-33-31-42(39-63-53)43-35-45(68-56-28-14-9-23-49(56)50-24-10-15-29-57(50)68)37-46(36-43)69-58-30-16-11-25-51(58)52-38-44(32-34-59(52)69)67-54-26-12-7-21-47(54)48-22-8-13-27-55(48)67/h1-39H. The van der Waals surface area contributed by atoms with Gasteiger partial charge in [0.2, 0.25) is 0 Å². The first-order valence-corrected chi connectivity index (χ1v) is 23.2. The van der Waals surface area contributed by atoms with Gasteiger partial charge in [-0.25, -0.2) is 15.0 Å². The fourth-order valence-electron chi connectivity index (χ4n) is 10.4. The first-order chi connectivity index (χ1) is 34.2. The van der Waals surface area contributed by atoms with Crippen molar-refractivity contribution in [2.75, 3.05) is 0 Å². The molecule has 9 aromatic carbocycles. The molecule has 69 heavy (non-hydrogen) atoms. The lowest BCUT2D eigenvalue weighted by Crippen LogP contribution is -2.01. The molecule has 5 aromatic heterocycles. The highest BCUT2D eigenvalue weighted by Crippen LogP contribution is 2.40. The van der Waals surface area contributed by atoms with E-state index in [9.17, 15) is 0 Å². The molecule has 7 nitrogen and oxygen atoms in total. The highest BCUT2D eigenvalue weighted by Gasteiger charge is 2.20. The number of fused-ring (bicyclic) bond motifs is 9. The number of benzene rings is 9. The highest BCUT2D eigenvalue weighted by atomic mass is 15.1. The highest BCUT2D eigenvalue weighted by molar-refractivity contribution is 6.13. The number of nitrogens with zero attached hydrogens (tertiary/aromatic N) is 7. The van der Waals surface area contributed by atoms with Crippen molar-refractivity contribution in [1.82, 2.24) is 33.6 Å². The van der Waals surface area contributed by atoms with Crippen LogP contribution in [-0.2, 0) is 0 Å². The van der Waals surface area contributed by atoms with Crippen molar-refractivity contribution >= 4 is 65.4 Å². The molecule has 0 spiro atoms. The van der Waals surface area contributed by atoms with Gasteiger partial charge in [0, 0.05) is 72.3 Å². The Kier molecular flexibility index (Phi) is 8.75. The van der Waals surface area contributed by atoms with E-state index in [1.807, 2.05) is 72.9 Å². The molecule has 0 fully saturated rings. The molecule has 0 amide bonds. The van der Waals surface area contributed by atoms with Crippen molar-refractivity contribution in [2.24, 2.45) is 0 Å². The topological polar surface area (TPSA) is 66.3 Å². The normalized spacial score (nSPS) is 11.8. The van der Waals surface area contributed by atoms with Gasteiger partial charge in [0.15, 0.2) is 17.5 Å². The van der Waals surface area contributed by atoms with Gasteiger partial charge in [0.25, 0.3) is 0 Å². The minimum Gasteiger partial charge on any atom is -0.309 e. The van der Waals surface area contributed by atoms with E-state index in [1.165, 1.54) is 43.4 Å². The van der Waals surface area contributed by atoms with Crippen LogP contribution in [0.4, 0.5) is 0 Å². The van der Waals surface area contributed by atoms with Crippen LogP contribution >= 0.6 is 0 Å². The number of hydrogen-bond donors (Lipinski definition) is 0. The molecule has 0 radical (unpaired) electrons. The molecule has 0 aliphatic carbocycles. The molecular weight excluding hydrogens is 843 g/mol. The first kappa shape index (κ1) is 38.8. The molecule has 14 aromatic rings. The van der Waals surface area contributed by atoms with Crippen LogP contribution in [0.15, 0.2) is 237 Å². The van der Waals surface area contributed by atoms with Crippen LogP contribution < -0.4 is 0 Å². The van der Waals surface area contributed by atoms with E-state index >= 15 is 0 Å². The molecule has 0 atom stereocenters. The Morgan fingerprint density at radius 1 is 0.246 bits per heavy atom. The molecule has 7 heteroatoms. The smallest absolute Gasteiger partial charge is 0.182 e. The molecule has 0 unspecified atom stereocenters. The average Bonchev–Trinajstić information content (AvgIpc) is 4.07. The summed E-state index contributed by atoms with van der Waals surface area (Å²) in [6.07, 6.45) is 1.95. The maximum Gasteiger partial charge on any atom is 0.182 e. The largest absolute Gasteiger partial charge is 0.309 e. The third-order valence-electron chi connectivity index (χ3n) is 13.5. The van der Waals surface area contributed by atoms with Crippen LogP contribution in [0, 0.1) is 0 Å². The maximum atomic E-state index is 5.09. The van der Waals surface area contributed by atoms with Crippen molar-refractivity contribution in [3.63, 3.8) is 0 Å². The van der Waals surface area contributed by atoms with Crippen molar-refractivity contribution in [3.8, 4) is 62.5 Å². The van der Waals surface area contributed by atoms with E-state index in [0.29, 0.717) is 23.2 Å². The van der Waals surface area contributed by atoms with Gasteiger partial charge in [0.1, 0.15) is 5.69 Å². The number of rotatable bonds is 7. The summed E-state index contributed by atoms with van der Waals surface area (Å²) in [5, 5.41) is 7.28.